The molecule has 24 heavy (non-hydrogen) atoms. The summed E-state index contributed by atoms with van der Waals surface area (Å²) in [6.45, 7) is 3.31. The Morgan fingerprint density at radius 3 is 2.71 bits per heavy atom. The molecule has 0 radical (unpaired) electrons. The number of aliphatic hydroxyl groups excluding tert-OH is 1. The summed E-state index contributed by atoms with van der Waals surface area (Å²) in [6.07, 6.45) is 3.27. The van der Waals surface area contributed by atoms with Crippen molar-refractivity contribution >= 4 is 17.7 Å². The summed E-state index contributed by atoms with van der Waals surface area (Å²) in [5, 5.41) is 10.4. The second-order valence-electron chi connectivity index (χ2n) is 6.77. The first kappa shape index (κ1) is 17.8. The standard InChI is InChI=1S/C19H28N2O2S/c22-17(9-8-16-5-2-1-3-6-16)15-21-10-4-7-18(21)19(23)20-11-13-24-14-12-20/h1-3,5-6,17-18,22H,4,7-15H2. The Morgan fingerprint density at radius 1 is 1.21 bits per heavy atom. The summed E-state index contributed by atoms with van der Waals surface area (Å²) in [6, 6.07) is 10.3. The lowest BCUT2D eigenvalue weighted by atomic mass is 10.1. The number of likely N-dealkylation sites (tertiary alicyclic amines) is 1. The van der Waals surface area contributed by atoms with Crippen LogP contribution in [0.15, 0.2) is 30.3 Å². The van der Waals surface area contributed by atoms with E-state index in [-0.39, 0.29) is 18.1 Å². The fraction of sp³-hybridized carbons (Fsp3) is 0.632. The van der Waals surface area contributed by atoms with Gasteiger partial charge >= 0.3 is 0 Å². The molecule has 2 atom stereocenters. The van der Waals surface area contributed by atoms with E-state index in [1.54, 1.807) is 0 Å². The van der Waals surface area contributed by atoms with Gasteiger partial charge in [0.2, 0.25) is 5.91 Å². The molecule has 1 N–H and O–H groups in total. The van der Waals surface area contributed by atoms with Crippen LogP contribution in [0.1, 0.15) is 24.8 Å². The van der Waals surface area contributed by atoms with E-state index in [9.17, 15) is 9.90 Å². The molecule has 0 bridgehead atoms. The zero-order chi connectivity index (χ0) is 16.8. The summed E-state index contributed by atoms with van der Waals surface area (Å²) in [7, 11) is 0. The van der Waals surface area contributed by atoms with Crippen LogP contribution in [0.4, 0.5) is 0 Å². The van der Waals surface area contributed by atoms with E-state index in [4.69, 9.17) is 0 Å². The fourth-order valence-corrected chi connectivity index (χ4v) is 4.56. The molecule has 4 nitrogen and oxygen atoms in total. The van der Waals surface area contributed by atoms with Gasteiger partial charge in [-0.25, -0.2) is 0 Å². The lowest BCUT2D eigenvalue weighted by molar-refractivity contribution is -0.136. The van der Waals surface area contributed by atoms with Gasteiger partial charge in [-0.15, -0.1) is 0 Å². The third-order valence-electron chi connectivity index (χ3n) is 5.03. The highest BCUT2D eigenvalue weighted by atomic mass is 32.2. The van der Waals surface area contributed by atoms with E-state index in [2.05, 4.69) is 17.0 Å². The van der Waals surface area contributed by atoms with Crippen molar-refractivity contribution in [1.29, 1.82) is 0 Å². The molecule has 1 amide bonds. The molecule has 1 aromatic carbocycles. The molecule has 0 aliphatic carbocycles. The lowest BCUT2D eigenvalue weighted by Gasteiger charge is -2.33. The van der Waals surface area contributed by atoms with Crippen molar-refractivity contribution in [2.75, 3.05) is 37.7 Å². The zero-order valence-corrected chi connectivity index (χ0v) is 15.1. The number of thioether (sulfide) groups is 1. The van der Waals surface area contributed by atoms with Gasteiger partial charge in [-0.05, 0) is 37.8 Å². The van der Waals surface area contributed by atoms with Gasteiger partial charge in [0.15, 0.2) is 0 Å². The zero-order valence-electron chi connectivity index (χ0n) is 14.3. The number of hydrogen-bond donors (Lipinski definition) is 1. The molecule has 5 heteroatoms. The third-order valence-corrected chi connectivity index (χ3v) is 5.97. The van der Waals surface area contributed by atoms with Crippen LogP contribution in [0.25, 0.3) is 0 Å². The van der Waals surface area contributed by atoms with Gasteiger partial charge in [0, 0.05) is 31.1 Å². The highest BCUT2D eigenvalue weighted by Gasteiger charge is 2.34. The SMILES string of the molecule is O=C(C1CCCN1CC(O)CCc1ccccc1)N1CCSCC1. The smallest absolute Gasteiger partial charge is 0.239 e. The molecule has 2 heterocycles. The minimum Gasteiger partial charge on any atom is -0.392 e. The second-order valence-corrected chi connectivity index (χ2v) is 7.99. The maximum Gasteiger partial charge on any atom is 0.239 e. The quantitative estimate of drug-likeness (QED) is 0.854. The minimum atomic E-state index is -0.365. The molecular formula is C19H28N2O2S. The molecule has 2 fully saturated rings. The van der Waals surface area contributed by atoms with E-state index < -0.39 is 0 Å². The van der Waals surface area contributed by atoms with E-state index in [1.165, 1.54) is 5.56 Å². The predicted molar refractivity (Wildman–Crippen MR) is 99.3 cm³/mol. The minimum absolute atomic E-state index is 0.0144. The number of nitrogens with zero attached hydrogens (tertiary/aromatic N) is 2. The van der Waals surface area contributed by atoms with Crippen molar-refractivity contribution in [1.82, 2.24) is 9.80 Å². The van der Waals surface area contributed by atoms with Crippen LogP contribution >= 0.6 is 11.8 Å². The Balaban J connectivity index is 1.48. The van der Waals surface area contributed by atoms with Crippen molar-refractivity contribution in [3.63, 3.8) is 0 Å². The average Bonchev–Trinajstić information content (AvgIpc) is 3.09. The molecular weight excluding hydrogens is 320 g/mol. The average molecular weight is 349 g/mol. The summed E-state index contributed by atoms with van der Waals surface area (Å²) in [5.41, 5.74) is 1.26. The molecule has 2 aliphatic heterocycles. The van der Waals surface area contributed by atoms with Crippen molar-refractivity contribution in [2.45, 2.75) is 37.8 Å². The summed E-state index contributed by atoms with van der Waals surface area (Å²) in [4.78, 5) is 17.0. The van der Waals surface area contributed by atoms with E-state index in [0.29, 0.717) is 6.54 Å². The monoisotopic (exact) mass is 348 g/mol. The molecule has 3 rings (SSSR count). The van der Waals surface area contributed by atoms with Crippen LogP contribution in [-0.4, -0.2) is 70.6 Å². The number of benzene rings is 1. The first-order valence-electron chi connectivity index (χ1n) is 9.06. The highest BCUT2D eigenvalue weighted by Crippen LogP contribution is 2.22. The number of rotatable bonds is 6. The van der Waals surface area contributed by atoms with Crippen molar-refractivity contribution in [2.24, 2.45) is 0 Å². The van der Waals surface area contributed by atoms with Crippen LogP contribution in [-0.2, 0) is 11.2 Å². The maximum absolute atomic E-state index is 12.8. The van der Waals surface area contributed by atoms with Gasteiger partial charge in [0.05, 0.1) is 12.1 Å². The summed E-state index contributed by atoms with van der Waals surface area (Å²) < 4.78 is 0. The normalized spacial score (nSPS) is 23.4. The largest absolute Gasteiger partial charge is 0.392 e. The summed E-state index contributed by atoms with van der Waals surface area (Å²) >= 11 is 1.93. The molecule has 0 spiro atoms. The maximum atomic E-state index is 12.8. The van der Waals surface area contributed by atoms with Gasteiger partial charge in [0.25, 0.3) is 0 Å². The lowest BCUT2D eigenvalue weighted by Crippen LogP contribution is -2.49. The number of carbonyl (C=O) groups is 1. The molecule has 0 aromatic heterocycles. The van der Waals surface area contributed by atoms with Crippen molar-refractivity contribution in [3.05, 3.63) is 35.9 Å². The number of aryl methyl sites for hydroxylation is 1. The van der Waals surface area contributed by atoms with E-state index in [1.807, 2.05) is 34.9 Å². The molecule has 1 aromatic rings. The molecule has 132 valence electrons. The van der Waals surface area contributed by atoms with E-state index in [0.717, 1.165) is 56.8 Å². The Morgan fingerprint density at radius 2 is 1.96 bits per heavy atom. The van der Waals surface area contributed by atoms with Crippen molar-refractivity contribution in [3.8, 4) is 0 Å². The van der Waals surface area contributed by atoms with Crippen LogP contribution in [0, 0.1) is 0 Å². The number of carbonyl (C=O) groups excluding carboxylic acids is 1. The van der Waals surface area contributed by atoms with Crippen molar-refractivity contribution < 1.29 is 9.90 Å². The fourth-order valence-electron chi connectivity index (χ4n) is 3.66. The van der Waals surface area contributed by atoms with Gasteiger partial charge in [0.1, 0.15) is 0 Å². The number of aliphatic hydroxyl groups is 1. The first-order chi connectivity index (χ1) is 11.7. The van der Waals surface area contributed by atoms with Crippen LogP contribution in [0.2, 0.25) is 0 Å². The van der Waals surface area contributed by atoms with Gasteiger partial charge in [-0.2, -0.15) is 11.8 Å². The van der Waals surface area contributed by atoms with Gasteiger partial charge < -0.3 is 10.0 Å². The Labute approximate surface area is 149 Å². The second kappa shape index (κ2) is 8.88. The van der Waals surface area contributed by atoms with E-state index >= 15 is 0 Å². The Kier molecular flexibility index (Phi) is 6.58. The third kappa shape index (κ3) is 4.74. The van der Waals surface area contributed by atoms with Crippen LogP contribution in [0.3, 0.4) is 0 Å². The Hall–Kier alpha value is -1.04. The van der Waals surface area contributed by atoms with Gasteiger partial charge in [-0.3, -0.25) is 9.69 Å². The molecule has 2 aliphatic rings. The highest BCUT2D eigenvalue weighted by molar-refractivity contribution is 7.99. The summed E-state index contributed by atoms with van der Waals surface area (Å²) in [5.74, 6) is 2.39. The number of amides is 1. The van der Waals surface area contributed by atoms with Gasteiger partial charge in [-0.1, -0.05) is 30.3 Å². The Bertz CT molecular complexity index is 519. The topological polar surface area (TPSA) is 43.8 Å². The first-order valence-corrected chi connectivity index (χ1v) is 10.2. The molecule has 2 unspecified atom stereocenters. The predicted octanol–water partition coefficient (Wildman–Crippen LogP) is 2.02. The van der Waals surface area contributed by atoms with Crippen LogP contribution in [0.5, 0.6) is 0 Å². The van der Waals surface area contributed by atoms with Crippen LogP contribution < -0.4 is 0 Å². The molecule has 2 saturated heterocycles. The number of β-amino-alcohol motifs (C(OH)–C–C–N with tert-alkyl or cyclic N) is 1. The molecule has 0 saturated carbocycles. The number of hydrogen-bond acceptors (Lipinski definition) is 4.